The van der Waals surface area contributed by atoms with Crippen molar-refractivity contribution in [2.24, 2.45) is 5.92 Å². The van der Waals surface area contributed by atoms with Crippen LogP contribution in [-0.4, -0.2) is 23.9 Å². The molecule has 0 saturated heterocycles. The van der Waals surface area contributed by atoms with Crippen molar-refractivity contribution >= 4 is 17.9 Å². The van der Waals surface area contributed by atoms with Crippen LogP contribution in [-0.2, 0) is 22.7 Å². The lowest BCUT2D eigenvalue weighted by atomic mass is 9.99. The molecule has 0 fully saturated rings. The summed E-state index contributed by atoms with van der Waals surface area (Å²) in [6.07, 6.45) is -0.108. The first kappa shape index (κ1) is 25.4. The smallest absolute Gasteiger partial charge is 0.408 e. The van der Waals surface area contributed by atoms with Gasteiger partial charge in [-0.2, -0.15) is 0 Å². The Bertz CT molecular complexity index is 1100. The van der Waals surface area contributed by atoms with Crippen molar-refractivity contribution in [1.82, 2.24) is 16.2 Å². The lowest BCUT2D eigenvalue weighted by molar-refractivity contribution is -0.125. The Balaban J connectivity index is 1.49. The summed E-state index contributed by atoms with van der Waals surface area (Å²) in [5.41, 5.74) is 5.48. The van der Waals surface area contributed by atoms with Gasteiger partial charge in [-0.15, -0.1) is 0 Å². The summed E-state index contributed by atoms with van der Waals surface area (Å²) in [6, 6.07) is 20.6. The fraction of sp³-hybridized carbons (Fsp3) is 0.269. The molecule has 3 rings (SSSR count). The monoisotopic (exact) mass is 479 g/mol. The van der Waals surface area contributed by atoms with Crippen molar-refractivity contribution in [3.63, 3.8) is 0 Å². The number of carbonyl (C=O) groups is 3. The molecule has 1 aromatic heterocycles. The van der Waals surface area contributed by atoms with E-state index in [-0.39, 0.29) is 24.9 Å². The van der Waals surface area contributed by atoms with Gasteiger partial charge in [-0.25, -0.2) is 4.79 Å². The van der Waals surface area contributed by atoms with Gasteiger partial charge in [0.1, 0.15) is 30.8 Å². The SMILES string of the molecule is CC[C@H](C)[C@H](NC(=O)OCc1ccccc1)C(=O)NNC(=O)c1ccc(COc2ccccc2)o1. The molecule has 3 aromatic rings. The molecule has 2 aromatic carbocycles. The number of amides is 3. The van der Waals surface area contributed by atoms with Crippen LogP contribution < -0.4 is 20.9 Å². The highest BCUT2D eigenvalue weighted by molar-refractivity contribution is 5.94. The van der Waals surface area contributed by atoms with Crippen LogP contribution in [0.4, 0.5) is 4.79 Å². The van der Waals surface area contributed by atoms with E-state index in [1.807, 2.05) is 74.5 Å². The average molecular weight is 480 g/mol. The number of carbonyl (C=O) groups excluding carboxylic acids is 3. The van der Waals surface area contributed by atoms with E-state index in [2.05, 4.69) is 16.2 Å². The average Bonchev–Trinajstić information content (AvgIpc) is 3.38. The van der Waals surface area contributed by atoms with Crippen LogP contribution >= 0.6 is 0 Å². The van der Waals surface area contributed by atoms with E-state index in [1.54, 1.807) is 6.07 Å². The van der Waals surface area contributed by atoms with Crippen LogP contribution in [0.3, 0.4) is 0 Å². The number of alkyl carbamates (subject to hydrolysis) is 1. The van der Waals surface area contributed by atoms with Gasteiger partial charge in [0.25, 0.3) is 5.91 Å². The third-order valence-electron chi connectivity index (χ3n) is 5.29. The van der Waals surface area contributed by atoms with Gasteiger partial charge >= 0.3 is 12.0 Å². The standard InChI is InChI=1S/C26H29N3O6/c1-3-18(2)23(27-26(32)34-16-19-10-6-4-7-11-19)25(31)29-28-24(30)22-15-14-21(35-22)17-33-20-12-8-5-9-13-20/h4-15,18,23H,3,16-17H2,1-2H3,(H,27,32)(H,28,30)(H,29,31)/t18-,23-/m0/s1. The van der Waals surface area contributed by atoms with Gasteiger partial charge in [0.15, 0.2) is 5.76 Å². The second kappa shape index (κ2) is 12.8. The third-order valence-corrected chi connectivity index (χ3v) is 5.29. The van der Waals surface area contributed by atoms with Crippen LogP contribution in [0.2, 0.25) is 0 Å². The van der Waals surface area contributed by atoms with E-state index in [0.717, 1.165) is 5.56 Å². The molecule has 0 aliphatic carbocycles. The number of hydrazine groups is 1. The minimum Gasteiger partial charge on any atom is -0.486 e. The van der Waals surface area contributed by atoms with E-state index in [9.17, 15) is 14.4 Å². The maximum absolute atomic E-state index is 12.7. The van der Waals surface area contributed by atoms with Gasteiger partial charge in [0.05, 0.1) is 0 Å². The van der Waals surface area contributed by atoms with Gasteiger partial charge in [-0.3, -0.25) is 20.4 Å². The number of furan rings is 1. The maximum Gasteiger partial charge on any atom is 0.408 e. The molecule has 0 aliphatic heterocycles. The highest BCUT2D eigenvalue weighted by Crippen LogP contribution is 2.14. The van der Waals surface area contributed by atoms with E-state index in [0.29, 0.717) is 17.9 Å². The molecule has 0 radical (unpaired) electrons. The van der Waals surface area contributed by atoms with E-state index < -0.39 is 23.9 Å². The molecule has 0 unspecified atom stereocenters. The van der Waals surface area contributed by atoms with Crippen LogP contribution in [0.5, 0.6) is 5.75 Å². The normalized spacial score (nSPS) is 12.2. The van der Waals surface area contributed by atoms with Gasteiger partial charge in [-0.1, -0.05) is 68.8 Å². The predicted molar refractivity (Wildman–Crippen MR) is 128 cm³/mol. The van der Waals surface area contributed by atoms with Crippen molar-refractivity contribution in [3.8, 4) is 5.75 Å². The number of nitrogens with one attached hydrogen (secondary N) is 3. The summed E-state index contributed by atoms with van der Waals surface area (Å²) in [4.78, 5) is 37.4. The fourth-order valence-corrected chi connectivity index (χ4v) is 3.10. The highest BCUT2D eigenvalue weighted by atomic mass is 16.5. The Labute approximate surface area is 203 Å². The van der Waals surface area contributed by atoms with Gasteiger partial charge in [0, 0.05) is 0 Å². The van der Waals surface area contributed by atoms with Crippen molar-refractivity contribution in [3.05, 3.63) is 89.9 Å². The number of benzene rings is 2. The molecule has 0 aliphatic rings. The first-order chi connectivity index (χ1) is 17.0. The Morgan fingerprint density at radius 1 is 0.886 bits per heavy atom. The molecular weight excluding hydrogens is 450 g/mol. The first-order valence-electron chi connectivity index (χ1n) is 11.3. The Hall–Kier alpha value is -4.27. The molecule has 184 valence electrons. The maximum atomic E-state index is 12.7. The topological polar surface area (TPSA) is 119 Å². The fourth-order valence-electron chi connectivity index (χ4n) is 3.10. The van der Waals surface area contributed by atoms with Crippen molar-refractivity contribution in [1.29, 1.82) is 0 Å². The van der Waals surface area contributed by atoms with Gasteiger partial charge in [-0.05, 0) is 35.7 Å². The number of para-hydroxylation sites is 1. The molecule has 0 saturated carbocycles. The number of ether oxygens (including phenoxy) is 2. The quantitative estimate of drug-likeness (QED) is 0.379. The van der Waals surface area contributed by atoms with E-state index in [4.69, 9.17) is 13.9 Å². The van der Waals surface area contributed by atoms with Crippen LogP contribution in [0.1, 0.15) is 42.1 Å². The largest absolute Gasteiger partial charge is 0.486 e. The molecule has 3 N–H and O–H groups in total. The Morgan fingerprint density at radius 3 is 2.26 bits per heavy atom. The summed E-state index contributed by atoms with van der Waals surface area (Å²) < 4.78 is 16.3. The molecule has 0 spiro atoms. The molecular formula is C26H29N3O6. The predicted octanol–water partition coefficient (Wildman–Crippen LogP) is 3.96. The molecule has 9 heteroatoms. The molecule has 35 heavy (non-hydrogen) atoms. The highest BCUT2D eigenvalue weighted by Gasteiger charge is 2.27. The lowest BCUT2D eigenvalue weighted by Gasteiger charge is -2.23. The molecule has 9 nitrogen and oxygen atoms in total. The second-order valence-corrected chi connectivity index (χ2v) is 7.88. The number of hydrogen-bond donors (Lipinski definition) is 3. The molecule has 2 atom stereocenters. The summed E-state index contributed by atoms with van der Waals surface area (Å²) in [5, 5.41) is 2.57. The van der Waals surface area contributed by atoms with Crippen LogP contribution in [0, 0.1) is 5.92 Å². The van der Waals surface area contributed by atoms with Gasteiger partial charge < -0.3 is 19.2 Å². The van der Waals surface area contributed by atoms with Crippen molar-refractivity contribution in [2.45, 2.75) is 39.5 Å². The summed E-state index contributed by atoms with van der Waals surface area (Å²) in [5.74, 6) is -0.296. The zero-order chi connectivity index (χ0) is 25.0. The molecule has 0 bridgehead atoms. The minimum absolute atomic E-state index is 0.00674. The summed E-state index contributed by atoms with van der Waals surface area (Å²) in [7, 11) is 0. The van der Waals surface area contributed by atoms with E-state index in [1.165, 1.54) is 6.07 Å². The molecule has 3 amide bonds. The number of rotatable bonds is 10. The van der Waals surface area contributed by atoms with E-state index >= 15 is 0 Å². The zero-order valence-corrected chi connectivity index (χ0v) is 19.7. The minimum atomic E-state index is -0.907. The summed E-state index contributed by atoms with van der Waals surface area (Å²) in [6.45, 7) is 3.93. The number of hydrogen-bond acceptors (Lipinski definition) is 6. The Kier molecular flexibility index (Phi) is 9.30. The third kappa shape index (κ3) is 7.92. The van der Waals surface area contributed by atoms with Crippen molar-refractivity contribution in [2.75, 3.05) is 0 Å². The lowest BCUT2D eigenvalue weighted by Crippen LogP contribution is -2.54. The first-order valence-corrected chi connectivity index (χ1v) is 11.3. The van der Waals surface area contributed by atoms with Crippen LogP contribution in [0.15, 0.2) is 77.2 Å². The van der Waals surface area contributed by atoms with Gasteiger partial charge in [0.2, 0.25) is 0 Å². The van der Waals surface area contributed by atoms with Crippen molar-refractivity contribution < 1.29 is 28.3 Å². The molecule has 1 heterocycles. The summed E-state index contributed by atoms with van der Waals surface area (Å²) >= 11 is 0. The van der Waals surface area contributed by atoms with Crippen LogP contribution in [0.25, 0.3) is 0 Å². The zero-order valence-electron chi connectivity index (χ0n) is 19.7. The second-order valence-electron chi connectivity index (χ2n) is 7.88. The Morgan fingerprint density at radius 2 is 1.57 bits per heavy atom.